The van der Waals surface area contributed by atoms with Gasteiger partial charge in [-0.15, -0.1) is 0 Å². The van der Waals surface area contributed by atoms with E-state index < -0.39 is 0 Å². The summed E-state index contributed by atoms with van der Waals surface area (Å²) in [6.07, 6.45) is 2.25. The summed E-state index contributed by atoms with van der Waals surface area (Å²) in [7, 11) is 0. The predicted octanol–water partition coefficient (Wildman–Crippen LogP) is 0.918. The van der Waals surface area contributed by atoms with E-state index in [0.717, 1.165) is 32.6 Å². The van der Waals surface area contributed by atoms with E-state index in [1.165, 1.54) is 6.26 Å². The smallest absolute Gasteiger partial charge is 0.275 e. The van der Waals surface area contributed by atoms with Gasteiger partial charge in [-0.3, -0.25) is 4.79 Å². The lowest BCUT2D eigenvalue weighted by Gasteiger charge is -2.26. The van der Waals surface area contributed by atoms with Gasteiger partial charge < -0.3 is 14.6 Å². The fraction of sp³-hybridized carbons (Fsp3) is 0.667. The van der Waals surface area contributed by atoms with Gasteiger partial charge in [0.15, 0.2) is 11.6 Å². The van der Waals surface area contributed by atoms with Gasteiger partial charge in [-0.25, -0.2) is 4.98 Å². The van der Waals surface area contributed by atoms with Crippen LogP contribution in [-0.4, -0.2) is 42.0 Å². The van der Waals surface area contributed by atoms with Gasteiger partial charge in [-0.2, -0.15) is 0 Å². The highest BCUT2D eigenvalue weighted by Crippen LogP contribution is 2.10. The first kappa shape index (κ1) is 12.1. The van der Waals surface area contributed by atoms with Crippen molar-refractivity contribution in [2.75, 3.05) is 26.2 Å². The second-order valence-corrected chi connectivity index (χ2v) is 4.77. The van der Waals surface area contributed by atoms with Gasteiger partial charge in [-0.05, 0) is 5.92 Å². The summed E-state index contributed by atoms with van der Waals surface area (Å²) < 4.78 is 5.31. The van der Waals surface area contributed by atoms with Crippen LogP contribution in [0, 0.1) is 5.92 Å². The fourth-order valence-electron chi connectivity index (χ4n) is 1.88. The second kappa shape index (κ2) is 5.31. The van der Waals surface area contributed by atoms with Crippen LogP contribution in [0.2, 0.25) is 0 Å². The van der Waals surface area contributed by atoms with E-state index in [4.69, 9.17) is 4.42 Å². The van der Waals surface area contributed by atoms with Crippen molar-refractivity contribution in [2.24, 2.45) is 5.92 Å². The highest BCUT2D eigenvalue weighted by molar-refractivity contribution is 5.92. The Morgan fingerprint density at radius 1 is 1.53 bits per heavy atom. The Morgan fingerprint density at radius 2 is 2.24 bits per heavy atom. The number of amides is 1. The standard InChI is InChI=1S/C12H19N3O2/c1-9(2)7-11-14-10(8-17-11)12(16)15-5-3-13-4-6-15/h8-9,13H,3-7H2,1-2H3. The minimum atomic E-state index is -0.0229. The number of nitrogens with zero attached hydrogens (tertiary/aromatic N) is 2. The maximum atomic E-state index is 12.1. The molecule has 0 unspecified atom stereocenters. The third-order valence-corrected chi connectivity index (χ3v) is 2.76. The van der Waals surface area contributed by atoms with Crippen molar-refractivity contribution >= 4 is 5.91 Å². The molecule has 17 heavy (non-hydrogen) atoms. The van der Waals surface area contributed by atoms with Crippen molar-refractivity contribution < 1.29 is 9.21 Å². The summed E-state index contributed by atoms with van der Waals surface area (Å²) in [5, 5.41) is 3.21. The summed E-state index contributed by atoms with van der Waals surface area (Å²) in [5.74, 6) is 1.11. The molecular weight excluding hydrogens is 218 g/mol. The molecule has 1 aromatic heterocycles. The minimum absolute atomic E-state index is 0.0229. The molecule has 0 bridgehead atoms. The van der Waals surface area contributed by atoms with Crippen LogP contribution in [0.15, 0.2) is 10.7 Å². The van der Waals surface area contributed by atoms with Gasteiger partial charge in [0, 0.05) is 32.6 Å². The number of hydrogen-bond acceptors (Lipinski definition) is 4. The Morgan fingerprint density at radius 3 is 2.88 bits per heavy atom. The molecule has 0 atom stereocenters. The van der Waals surface area contributed by atoms with E-state index in [9.17, 15) is 4.79 Å². The van der Waals surface area contributed by atoms with Crippen LogP contribution >= 0.6 is 0 Å². The Bertz CT molecular complexity index is 381. The fourth-order valence-corrected chi connectivity index (χ4v) is 1.88. The second-order valence-electron chi connectivity index (χ2n) is 4.77. The molecule has 0 radical (unpaired) electrons. The molecule has 2 heterocycles. The highest BCUT2D eigenvalue weighted by atomic mass is 16.3. The number of piperazine rings is 1. The molecule has 5 nitrogen and oxygen atoms in total. The molecule has 1 aliphatic heterocycles. The van der Waals surface area contributed by atoms with Crippen LogP contribution in [0.4, 0.5) is 0 Å². The Labute approximate surface area is 101 Å². The first-order valence-electron chi connectivity index (χ1n) is 6.11. The topological polar surface area (TPSA) is 58.4 Å². The zero-order valence-corrected chi connectivity index (χ0v) is 10.4. The average Bonchev–Trinajstić information content (AvgIpc) is 2.77. The first-order chi connectivity index (χ1) is 8.16. The lowest BCUT2D eigenvalue weighted by atomic mass is 10.1. The van der Waals surface area contributed by atoms with Crippen LogP contribution in [-0.2, 0) is 6.42 Å². The maximum absolute atomic E-state index is 12.1. The molecule has 94 valence electrons. The molecule has 0 aromatic carbocycles. The van der Waals surface area contributed by atoms with Crippen LogP contribution in [0.25, 0.3) is 0 Å². The molecule has 1 N–H and O–H groups in total. The molecule has 2 rings (SSSR count). The number of rotatable bonds is 3. The van der Waals surface area contributed by atoms with Gasteiger partial charge in [0.1, 0.15) is 6.26 Å². The monoisotopic (exact) mass is 237 g/mol. The molecule has 0 aliphatic carbocycles. The van der Waals surface area contributed by atoms with Crippen molar-refractivity contribution in [1.29, 1.82) is 0 Å². The summed E-state index contributed by atoms with van der Waals surface area (Å²) in [6, 6.07) is 0. The molecule has 1 aromatic rings. The van der Waals surface area contributed by atoms with Crippen molar-refractivity contribution in [2.45, 2.75) is 20.3 Å². The number of carbonyl (C=O) groups is 1. The molecule has 1 amide bonds. The maximum Gasteiger partial charge on any atom is 0.275 e. The molecule has 1 fully saturated rings. The third-order valence-electron chi connectivity index (χ3n) is 2.76. The van der Waals surface area contributed by atoms with Crippen LogP contribution in [0.3, 0.4) is 0 Å². The van der Waals surface area contributed by atoms with Gasteiger partial charge in [0.2, 0.25) is 0 Å². The van der Waals surface area contributed by atoms with E-state index in [1.54, 1.807) is 0 Å². The zero-order chi connectivity index (χ0) is 12.3. The van der Waals surface area contributed by atoms with Crippen molar-refractivity contribution in [3.05, 3.63) is 17.8 Å². The minimum Gasteiger partial charge on any atom is -0.448 e. The number of oxazole rings is 1. The number of aromatic nitrogens is 1. The van der Waals surface area contributed by atoms with E-state index in [1.807, 2.05) is 4.90 Å². The number of hydrogen-bond donors (Lipinski definition) is 1. The summed E-state index contributed by atoms with van der Waals surface area (Å²) >= 11 is 0. The summed E-state index contributed by atoms with van der Waals surface area (Å²) in [5.41, 5.74) is 0.433. The Balaban J connectivity index is 2.01. The molecule has 5 heteroatoms. The number of nitrogens with one attached hydrogen (secondary N) is 1. The largest absolute Gasteiger partial charge is 0.448 e. The molecular formula is C12H19N3O2. The Hall–Kier alpha value is -1.36. The van der Waals surface area contributed by atoms with Gasteiger partial charge in [-0.1, -0.05) is 13.8 Å². The van der Waals surface area contributed by atoms with Crippen molar-refractivity contribution in [3.63, 3.8) is 0 Å². The number of carbonyl (C=O) groups excluding carboxylic acids is 1. The van der Waals surface area contributed by atoms with Crippen molar-refractivity contribution in [3.8, 4) is 0 Å². The van der Waals surface area contributed by atoms with E-state index in [2.05, 4.69) is 24.1 Å². The average molecular weight is 237 g/mol. The molecule has 0 spiro atoms. The van der Waals surface area contributed by atoms with Crippen LogP contribution in [0.1, 0.15) is 30.2 Å². The van der Waals surface area contributed by atoms with E-state index >= 15 is 0 Å². The van der Waals surface area contributed by atoms with E-state index in [0.29, 0.717) is 17.5 Å². The molecule has 1 saturated heterocycles. The van der Waals surface area contributed by atoms with Crippen LogP contribution in [0.5, 0.6) is 0 Å². The highest BCUT2D eigenvalue weighted by Gasteiger charge is 2.21. The van der Waals surface area contributed by atoms with Gasteiger partial charge in [0.05, 0.1) is 0 Å². The normalized spacial score (nSPS) is 16.5. The van der Waals surface area contributed by atoms with Gasteiger partial charge in [0.25, 0.3) is 5.91 Å². The van der Waals surface area contributed by atoms with Crippen molar-refractivity contribution in [1.82, 2.24) is 15.2 Å². The zero-order valence-electron chi connectivity index (χ0n) is 10.4. The molecule has 1 aliphatic rings. The van der Waals surface area contributed by atoms with Crippen LogP contribution < -0.4 is 5.32 Å². The Kier molecular flexibility index (Phi) is 3.78. The quantitative estimate of drug-likeness (QED) is 0.849. The lowest BCUT2D eigenvalue weighted by molar-refractivity contribution is 0.0730. The van der Waals surface area contributed by atoms with E-state index in [-0.39, 0.29) is 5.91 Å². The SMILES string of the molecule is CC(C)Cc1nc(C(=O)N2CCNCC2)co1. The third kappa shape index (κ3) is 3.06. The summed E-state index contributed by atoms with van der Waals surface area (Å²) in [6.45, 7) is 7.38. The predicted molar refractivity (Wildman–Crippen MR) is 63.8 cm³/mol. The summed E-state index contributed by atoms with van der Waals surface area (Å²) in [4.78, 5) is 18.1. The van der Waals surface area contributed by atoms with Gasteiger partial charge >= 0.3 is 0 Å². The first-order valence-corrected chi connectivity index (χ1v) is 6.11. The molecule has 0 saturated carbocycles. The lowest BCUT2D eigenvalue weighted by Crippen LogP contribution is -2.46.